The predicted molar refractivity (Wildman–Crippen MR) is 178 cm³/mol. The zero-order chi connectivity index (χ0) is 33.4. The van der Waals surface area contributed by atoms with Crippen molar-refractivity contribution in [3.63, 3.8) is 0 Å². The lowest BCUT2D eigenvalue weighted by atomic mass is 9.83. The molecule has 13 nitrogen and oxygen atoms in total. The van der Waals surface area contributed by atoms with Crippen LogP contribution in [0.1, 0.15) is 12.5 Å². The van der Waals surface area contributed by atoms with Crippen molar-refractivity contribution in [2.45, 2.75) is 68.1 Å². The van der Waals surface area contributed by atoms with Crippen molar-refractivity contribution in [3.8, 4) is 11.5 Å². The third-order valence-corrected chi connectivity index (χ3v) is 9.16. The van der Waals surface area contributed by atoms with Crippen LogP contribution in [0.2, 0.25) is 0 Å². The molecule has 20 heteroatoms. The number of nitrogens with one attached hydrogen (secondary N) is 1. The molecule has 1 amide bonds. The Bertz CT molecular complexity index is 1230. The van der Waals surface area contributed by atoms with E-state index in [4.69, 9.17) is 55.0 Å². The van der Waals surface area contributed by atoms with E-state index < -0.39 is 67.1 Å². The van der Waals surface area contributed by atoms with Gasteiger partial charge in [-0.05, 0) is 71.7 Å². The highest BCUT2D eigenvalue weighted by Crippen LogP contribution is 2.37. The Labute approximate surface area is 291 Å². The number of fused-ring (bicyclic) bond motifs is 1. The van der Waals surface area contributed by atoms with Crippen LogP contribution in [0.4, 0.5) is 0 Å². The van der Waals surface area contributed by atoms with Gasteiger partial charge in [0.1, 0.15) is 49.5 Å². The summed E-state index contributed by atoms with van der Waals surface area (Å²) in [6.45, 7) is 1.47. The van der Waals surface area contributed by atoms with E-state index in [2.05, 4.69) is 21.2 Å². The van der Waals surface area contributed by atoms with Gasteiger partial charge in [-0.15, -0.1) is 0 Å². The zero-order valence-corrected chi connectivity index (χ0v) is 28.5. The summed E-state index contributed by atoms with van der Waals surface area (Å²) in [6, 6.07) is 3.70. The lowest BCUT2D eigenvalue weighted by molar-refractivity contribution is -0.147. The molecule has 3 fully saturated rings. The molecule has 10 unspecified atom stereocenters. The molecule has 3 aliphatic rings. The summed E-state index contributed by atoms with van der Waals surface area (Å²) in [4.78, 5) is 25.7. The van der Waals surface area contributed by atoms with Crippen LogP contribution in [0.15, 0.2) is 23.8 Å². The first-order valence-corrected chi connectivity index (χ1v) is 17.8. The molecular weight excluding hydrogens is 727 g/mol. The Morgan fingerprint density at radius 3 is 2.33 bits per heavy atom. The minimum atomic E-state index is -1.41. The predicted octanol–water partition coefficient (Wildman–Crippen LogP) is -0.0480. The summed E-state index contributed by atoms with van der Waals surface area (Å²) >= 11 is 5.83. The second kappa shape index (κ2) is 18.2. The quantitative estimate of drug-likeness (QED) is 0.0766. The second-order valence-corrected chi connectivity index (χ2v) is 12.9. The van der Waals surface area contributed by atoms with Gasteiger partial charge in [-0.3, -0.25) is 9.59 Å². The van der Waals surface area contributed by atoms with Crippen molar-refractivity contribution in [2.24, 2.45) is 0 Å². The minimum absolute atomic E-state index is 0.0242. The van der Waals surface area contributed by atoms with Crippen LogP contribution in [-0.2, 0) is 32.2 Å². The Kier molecular flexibility index (Phi) is 15.0. The standard InChI is InChI=1S/C26H31B3BrNO12S3/c1-11(25(36)31-16-17(33)18(34)22-24(38-10-37-22)21(16)42-45-8-28)4-12-2-3-14(15(5-12)41-44-7-27)39-26-19(35)23(43-46-9-29)20(40-26)13(32)6-30/h2-5,16-24,26,33-35H,6-10H2,1H3,(H,31,36)/b11-4+. The Hall–Kier alpha value is -0.895. The summed E-state index contributed by atoms with van der Waals surface area (Å²) in [5, 5.41) is 35.0. The molecule has 46 heavy (non-hydrogen) atoms. The zero-order valence-electron chi connectivity index (χ0n) is 24.5. The number of halogens is 1. The normalized spacial score (nSPS) is 32.6. The number of rotatable bonds is 16. The van der Waals surface area contributed by atoms with Gasteiger partial charge in [-0.2, -0.15) is 0 Å². The van der Waals surface area contributed by atoms with Gasteiger partial charge in [-0.1, -0.05) is 22.0 Å². The number of hydrogen-bond donors (Lipinski definition) is 4. The maximum absolute atomic E-state index is 13.3. The third-order valence-electron chi connectivity index (χ3n) is 7.18. The average molecular weight is 758 g/mol. The van der Waals surface area contributed by atoms with E-state index in [1.807, 2.05) is 0 Å². The molecule has 2 saturated heterocycles. The number of aliphatic hydroxyl groups is 3. The maximum atomic E-state index is 13.3. The highest BCUT2D eigenvalue weighted by Gasteiger charge is 2.55. The average Bonchev–Trinajstić information content (AvgIpc) is 3.66. The topological polar surface area (TPSA) is 171 Å². The van der Waals surface area contributed by atoms with Crippen molar-refractivity contribution in [1.29, 1.82) is 0 Å². The summed E-state index contributed by atoms with van der Waals surface area (Å²) in [5.74, 6) is -0.552. The Morgan fingerprint density at radius 2 is 1.65 bits per heavy atom. The Morgan fingerprint density at radius 1 is 0.978 bits per heavy atom. The fraction of sp³-hybridized carbons (Fsp3) is 0.615. The Balaban J connectivity index is 1.51. The van der Waals surface area contributed by atoms with Gasteiger partial charge >= 0.3 is 0 Å². The molecule has 1 aromatic rings. The number of hydrogen-bond acceptors (Lipinski definition) is 15. The van der Waals surface area contributed by atoms with E-state index in [0.717, 1.165) is 36.1 Å². The largest absolute Gasteiger partial charge is 0.458 e. The SMILES string of the molecule is [B]CSOc1cc(/C=C(\C)C(=O)NC2C(O)C(O)C3OCOC3C2OSC[B])ccc1OC1OC(C(=O)CBr)C(OSC[B])C1O. The molecule has 4 rings (SSSR count). The molecule has 2 aliphatic heterocycles. The number of alkyl halides is 1. The van der Waals surface area contributed by atoms with Gasteiger partial charge in [-0.25, -0.2) is 0 Å². The number of ether oxygens (including phenoxy) is 4. The summed E-state index contributed by atoms with van der Waals surface area (Å²) < 4.78 is 39.6. The van der Waals surface area contributed by atoms with Crippen LogP contribution < -0.4 is 14.2 Å². The maximum Gasteiger partial charge on any atom is 0.247 e. The van der Waals surface area contributed by atoms with Crippen molar-refractivity contribution < 1.29 is 56.4 Å². The molecule has 10 atom stereocenters. The van der Waals surface area contributed by atoms with Crippen LogP contribution in [0, 0.1) is 0 Å². The van der Waals surface area contributed by atoms with E-state index in [-0.39, 0.29) is 51.9 Å². The van der Waals surface area contributed by atoms with Gasteiger partial charge in [0.2, 0.25) is 12.2 Å². The van der Waals surface area contributed by atoms with Crippen molar-refractivity contribution >= 4 is 93.4 Å². The summed E-state index contributed by atoms with van der Waals surface area (Å²) in [5.41, 5.74) is 1.08. The lowest BCUT2D eigenvalue weighted by Gasteiger charge is -2.43. The number of carbonyl (C=O) groups is 2. The van der Waals surface area contributed by atoms with Crippen LogP contribution in [0.25, 0.3) is 6.08 Å². The molecule has 4 N–H and O–H groups in total. The first-order valence-electron chi connectivity index (χ1n) is 13.9. The fourth-order valence-corrected chi connectivity index (χ4v) is 6.60. The van der Waals surface area contributed by atoms with Gasteiger partial charge in [0, 0.05) is 17.6 Å². The van der Waals surface area contributed by atoms with Gasteiger partial charge in [0.05, 0.1) is 34.9 Å². The molecule has 246 valence electrons. The van der Waals surface area contributed by atoms with E-state index in [1.165, 1.54) is 6.07 Å². The number of benzene rings is 1. The molecule has 1 aliphatic carbocycles. The van der Waals surface area contributed by atoms with Crippen LogP contribution in [0.5, 0.6) is 11.5 Å². The van der Waals surface area contributed by atoms with Gasteiger partial charge in [0.15, 0.2) is 23.4 Å². The smallest absolute Gasteiger partial charge is 0.247 e. The van der Waals surface area contributed by atoms with E-state index >= 15 is 0 Å². The molecule has 0 aromatic heterocycles. The van der Waals surface area contributed by atoms with Gasteiger partial charge < -0.3 is 52.1 Å². The van der Waals surface area contributed by atoms with Crippen LogP contribution in [-0.4, -0.2) is 141 Å². The molecule has 1 aromatic carbocycles. The van der Waals surface area contributed by atoms with Crippen molar-refractivity contribution in [1.82, 2.24) is 5.32 Å². The monoisotopic (exact) mass is 757 g/mol. The second-order valence-electron chi connectivity index (χ2n) is 10.1. The molecule has 0 bridgehead atoms. The number of carbonyl (C=O) groups excluding carboxylic acids is 2. The lowest BCUT2D eigenvalue weighted by Crippen LogP contribution is -2.67. The number of aliphatic hydroxyl groups excluding tert-OH is 3. The first-order chi connectivity index (χ1) is 22.1. The third kappa shape index (κ3) is 9.01. The highest BCUT2D eigenvalue weighted by molar-refractivity contribution is 9.09. The van der Waals surface area contributed by atoms with Crippen LogP contribution >= 0.6 is 52.1 Å². The molecule has 6 radical (unpaired) electrons. The first kappa shape index (κ1) is 37.9. The van der Waals surface area contributed by atoms with Crippen molar-refractivity contribution in [2.75, 3.05) is 29.1 Å². The highest BCUT2D eigenvalue weighted by atomic mass is 79.9. The molecule has 0 spiro atoms. The molecule has 1 saturated carbocycles. The van der Waals surface area contributed by atoms with Gasteiger partial charge in [0.25, 0.3) is 0 Å². The number of amides is 1. The van der Waals surface area contributed by atoms with Crippen LogP contribution in [0.3, 0.4) is 0 Å². The van der Waals surface area contributed by atoms with Crippen molar-refractivity contribution in [3.05, 3.63) is 29.3 Å². The minimum Gasteiger partial charge on any atom is -0.458 e. The van der Waals surface area contributed by atoms with E-state index in [1.54, 1.807) is 25.1 Å². The number of Topliss-reactive ketones (excluding diaryl/α,β-unsaturated/α-hetero) is 1. The number of ketones is 1. The van der Waals surface area contributed by atoms with E-state index in [9.17, 15) is 24.9 Å². The summed E-state index contributed by atoms with van der Waals surface area (Å²) in [7, 11) is 16.7. The molecular formula is C26H31B3BrNO12S3. The molecule has 2 heterocycles. The van der Waals surface area contributed by atoms with E-state index in [0.29, 0.717) is 5.56 Å². The summed E-state index contributed by atoms with van der Waals surface area (Å²) in [6.07, 6.45) is -8.37. The fourth-order valence-electron chi connectivity index (χ4n) is 5.04.